The van der Waals surface area contributed by atoms with Crippen molar-refractivity contribution in [2.24, 2.45) is 0 Å². The highest BCUT2D eigenvalue weighted by atomic mass is 32.2. The van der Waals surface area contributed by atoms with Crippen LogP contribution < -0.4 is 0 Å². The largest absolute Gasteiger partial charge is 0.388 e. The molecule has 1 fully saturated rings. The zero-order valence-electron chi connectivity index (χ0n) is 13.4. The highest BCUT2D eigenvalue weighted by Gasteiger charge is 2.14. The first kappa shape index (κ1) is 16.9. The predicted molar refractivity (Wildman–Crippen MR) is 91.9 cm³/mol. The smallest absolute Gasteiger partial charge is 0.0802 e. The Balaban J connectivity index is 1.85. The van der Waals surface area contributed by atoms with Crippen molar-refractivity contribution in [3.8, 4) is 0 Å². The maximum absolute atomic E-state index is 10.2. The third-order valence-corrected chi connectivity index (χ3v) is 5.57. The highest BCUT2D eigenvalue weighted by molar-refractivity contribution is 8.00. The Morgan fingerprint density at radius 1 is 1.10 bits per heavy atom. The molecule has 21 heavy (non-hydrogen) atoms. The standard InChI is InChI=1S/C18H29NOS/c1-19(2)14-13-18(20)15-9-11-17(12-10-15)21-16-7-5-3-4-6-8-16/h9-12,16,18,20H,3-8,13-14H2,1-2H3. The zero-order chi connectivity index (χ0) is 15.1. The molecule has 0 saturated heterocycles. The predicted octanol–water partition coefficient (Wildman–Crippen LogP) is 4.49. The second-order valence-electron chi connectivity index (χ2n) is 6.41. The fourth-order valence-corrected chi connectivity index (χ4v) is 4.12. The van der Waals surface area contributed by atoms with Crippen molar-refractivity contribution in [3.05, 3.63) is 29.8 Å². The molecule has 1 aromatic carbocycles. The van der Waals surface area contributed by atoms with Gasteiger partial charge in [-0.05, 0) is 51.1 Å². The van der Waals surface area contributed by atoms with Gasteiger partial charge in [0.1, 0.15) is 0 Å². The molecule has 0 amide bonds. The van der Waals surface area contributed by atoms with Crippen LogP contribution in [0.5, 0.6) is 0 Å². The van der Waals surface area contributed by atoms with Gasteiger partial charge < -0.3 is 10.0 Å². The number of nitrogens with zero attached hydrogens (tertiary/aromatic N) is 1. The first-order valence-corrected chi connectivity index (χ1v) is 9.12. The maximum Gasteiger partial charge on any atom is 0.0802 e. The van der Waals surface area contributed by atoms with E-state index in [1.807, 2.05) is 25.9 Å². The molecule has 1 aliphatic rings. The van der Waals surface area contributed by atoms with Crippen molar-refractivity contribution in [2.45, 2.75) is 61.2 Å². The summed E-state index contributed by atoms with van der Waals surface area (Å²) in [5.41, 5.74) is 1.04. The molecule has 0 heterocycles. The van der Waals surface area contributed by atoms with Gasteiger partial charge in [0.05, 0.1) is 6.10 Å². The fraction of sp³-hybridized carbons (Fsp3) is 0.667. The van der Waals surface area contributed by atoms with Crippen LogP contribution in [0, 0.1) is 0 Å². The van der Waals surface area contributed by atoms with E-state index in [1.54, 1.807) is 0 Å². The van der Waals surface area contributed by atoms with Gasteiger partial charge in [0.2, 0.25) is 0 Å². The van der Waals surface area contributed by atoms with Crippen LogP contribution in [-0.4, -0.2) is 35.9 Å². The Morgan fingerprint density at radius 3 is 2.29 bits per heavy atom. The molecule has 118 valence electrons. The van der Waals surface area contributed by atoms with Gasteiger partial charge in [-0.3, -0.25) is 0 Å². The van der Waals surface area contributed by atoms with E-state index in [1.165, 1.54) is 43.4 Å². The molecule has 1 aliphatic carbocycles. The van der Waals surface area contributed by atoms with Crippen molar-refractivity contribution in [1.29, 1.82) is 0 Å². The summed E-state index contributed by atoms with van der Waals surface area (Å²) in [6.45, 7) is 0.916. The second kappa shape index (κ2) is 8.82. The zero-order valence-corrected chi connectivity index (χ0v) is 14.2. The van der Waals surface area contributed by atoms with Crippen molar-refractivity contribution in [1.82, 2.24) is 4.90 Å². The van der Waals surface area contributed by atoms with Crippen molar-refractivity contribution < 1.29 is 5.11 Å². The van der Waals surface area contributed by atoms with Crippen LogP contribution in [0.2, 0.25) is 0 Å². The van der Waals surface area contributed by atoms with Crippen molar-refractivity contribution in [2.75, 3.05) is 20.6 Å². The van der Waals surface area contributed by atoms with Crippen LogP contribution in [0.3, 0.4) is 0 Å². The van der Waals surface area contributed by atoms with Crippen LogP contribution in [0.15, 0.2) is 29.2 Å². The Kier molecular flexibility index (Phi) is 7.08. The fourth-order valence-electron chi connectivity index (χ4n) is 2.87. The number of rotatable bonds is 6. The average molecular weight is 308 g/mol. The number of thioether (sulfide) groups is 1. The van der Waals surface area contributed by atoms with E-state index in [0.717, 1.165) is 23.8 Å². The molecule has 0 bridgehead atoms. The first-order chi connectivity index (χ1) is 10.1. The van der Waals surface area contributed by atoms with Crippen LogP contribution in [-0.2, 0) is 0 Å². The lowest BCUT2D eigenvalue weighted by atomic mass is 10.1. The van der Waals surface area contributed by atoms with E-state index in [9.17, 15) is 5.11 Å². The summed E-state index contributed by atoms with van der Waals surface area (Å²) in [7, 11) is 4.08. The summed E-state index contributed by atoms with van der Waals surface area (Å²) in [6, 6.07) is 8.56. The topological polar surface area (TPSA) is 23.5 Å². The van der Waals surface area contributed by atoms with Gasteiger partial charge in [-0.25, -0.2) is 0 Å². The molecule has 1 N–H and O–H groups in total. The van der Waals surface area contributed by atoms with E-state index >= 15 is 0 Å². The quantitative estimate of drug-likeness (QED) is 0.784. The Hall–Kier alpha value is -0.510. The summed E-state index contributed by atoms with van der Waals surface area (Å²) < 4.78 is 0. The Bertz CT molecular complexity index is 396. The average Bonchev–Trinajstić information content (AvgIpc) is 2.74. The third kappa shape index (κ3) is 6.01. The molecule has 3 heteroatoms. The third-order valence-electron chi connectivity index (χ3n) is 4.22. The normalized spacial score (nSPS) is 18.7. The van der Waals surface area contributed by atoms with Gasteiger partial charge in [0, 0.05) is 16.7 Å². The lowest BCUT2D eigenvalue weighted by Gasteiger charge is -2.16. The molecular weight excluding hydrogens is 278 g/mol. The first-order valence-electron chi connectivity index (χ1n) is 8.24. The molecule has 0 aliphatic heterocycles. The highest BCUT2D eigenvalue weighted by Crippen LogP contribution is 2.33. The van der Waals surface area contributed by atoms with Crippen molar-refractivity contribution in [3.63, 3.8) is 0 Å². The minimum Gasteiger partial charge on any atom is -0.388 e. The number of benzene rings is 1. The van der Waals surface area contributed by atoms with E-state index in [2.05, 4.69) is 29.2 Å². The van der Waals surface area contributed by atoms with Crippen LogP contribution in [0.1, 0.15) is 56.6 Å². The van der Waals surface area contributed by atoms with Gasteiger partial charge in [-0.1, -0.05) is 37.8 Å². The Labute approximate surface area is 133 Å². The lowest BCUT2D eigenvalue weighted by molar-refractivity contribution is 0.154. The van der Waals surface area contributed by atoms with Gasteiger partial charge in [0.25, 0.3) is 0 Å². The summed E-state index contributed by atoms with van der Waals surface area (Å²) in [4.78, 5) is 3.46. The van der Waals surface area contributed by atoms with Gasteiger partial charge in [-0.2, -0.15) is 0 Å². The summed E-state index contributed by atoms with van der Waals surface area (Å²) in [5.74, 6) is 0. The maximum atomic E-state index is 10.2. The number of aliphatic hydroxyl groups excluding tert-OH is 1. The van der Waals surface area contributed by atoms with Crippen LogP contribution in [0.4, 0.5) is 0 Å². The van der Waals surface area contributed by atoms with Gasteiger partial charge in [-0.15, -0.1) is 11.8 Å². The molecule has 2 rings (SSSR count). The second-order valence-corrected chi connectivity index (χ2v) is 7.78. The molecule has 1 atom stereocenters. The number of hydrogen-bond acceptors (Lipinski definition) is 3. The number of hydrogen-bond donors (Lipinski definition) is 1. The van der Waals surface area contributed by atoms with E-state index in [-0.39, 0.29) is 6.10 Å². The molecule has 2 nitrogen and oxygen atoms in total. The molecule has 0 radical (unpaired) electrons. The molecule has 1 aromatic rings. The minimum absolute atomic E-state index is 0.343. The molecule has 0 spiro atoms. The van der Waals surface area contributed by atoms with Crippen LogP contribution >= 0.6 is 11.8 Å². The van der Waals surface area contributed by atoms with Gasteiger partial charge in [0.15, 0.2) is 0 Å². The van der Waals surface area contributed by atoms with E-state index < -0.39 is 0 Å². The molecular formula is C18H29NOS. The minimum atomic E-state index is -0.343. The van der Waals surface area contributed by atoms with E-state index in [0.29, 0.717) is 0 Å². The summed E-state index contributed by atoms with van der Waals surface area (Å²) >= 11 is 2.03. The lowest BCUT2D eigenvalue weighted by Crippen LogP contribution is -2.15. The molecule has 1 saturated carbocycles. The van der Waals surface area contributed by atoms with Gasteiger partial charge >= 0.3 is 0 Å². The summed E-state index contributed by atoms with van der Waals surface area (Å²) in [5, 5.41) is 11.0. The molecule has 1 unspecified atom stereocenters. The van der Waals surface area contributed by atoms with Crippen molar-refractivity contribution >= 4 is 11.8 Å². The molecule has 0 aromatic heterocycles. The number of aliphatic hydroxyl groups is 1. The summed E-state index contributed by atoms with van der Waals surface area (Å²) in [6.07, 6.45) is 8.77. The van der Waals surface area contributed by atoms with E-state index in [4.69, 9.17) is 0 Å². The van der Waals surface area contributed by atoms with Crippen LogP contribution in [0.25, 0.3) is 0 Å². The Morgan fingerprint density at radius 2 is 1.71 bits per heavy atom. The SMILES string of the molecule is CN(C)CCC(O)c1ccc(SC2CCCCCC2)cc1. The monoisotopic (exact) mass is 307 g/mol.